The van der Waals surface area contributed by atoms with Crippen LogP contribution in [0.5, 0.6) is 5.75 Å². The lowest BCUT2D eigenvalue weighted by Gasteiger charge is -2.35. The van der Waals surface area contributed by atoms with Crippen LogP contribution in [0.3, 0.4) is 0 Å². The summed E-state index contributed by atoms with van der Waals surface area (Å²) >= 11 is 0. The molecule has 1 saturated heterocycles. The first-order valence-corrected chi connectivity index (χ1v) is 8.45. The van der Waals surface area contributed by atoms with Gasteiger partial charge in [-0.25, -0.2) is 4.79 Å². The van der Waals surface area contributed by atoms with Crippen LogP contribution in [-0.2, 0) is 6.54 Å². The summed E-state index contributed by atoms with van der Waals surface area (Å²) in [7, 11) is 3.66. The number of urea groups is 1. The topological polar surface area (TPSA) is 59.8 Å². The molecular formula is C18H24N4O2. The van der Waals surface area contributed by atoms with Gasteiger partial charge in [-0.05, 0) is 43.7 Å². The maximum Gasteiger partial charge on any atom is 0.324 e. The molecule has 0 saturated carbocycles. The maximum atomic E-state index is 12.7. The Hall–Kier alpha value is -2.26. The first-order chi connectivity index (χ1) is 11.6. The van der Waals surface area contributed by atoms with Crippen molar-refractivity contribution in [1.29, 1.82) is 5.26 Å². The van der Waals surface area contributed by atoms with Crippen molar-refractivity contribution in [3.63, 3.8) is 0 Å². The third-order valence-corrected chi connectivity index (χ3v) is 5.02. The number of nitrogens with zero attached hydrogens (tertiary/aromatic N) is 4. The zero-order valence-corrected chi connectivity index (χ0v) is 14.6. The molecule has 0 radical (unpaired) electrons. The molecule has 2 amide bonds. The second-order valence-electron chi connectivity index (χ2n) is 6.38. The number of ether oxygens (including phenoxy) is 1. The number of methoxy groups -OCH3 is 1. The third kappa shape index (κ3) is 2.69. The molecule has 1 aromatic rings. The van der Waals surface area contributed by atoms with Crippen molar-refractivity contribution >= 4 is 11.7 Å². The quantitative estimate of drug-likeness (QED) is 0.853. The Bertz CT molecular complexity index is 682. The molecule has 2 aliphatic heterocycles. The number of rotatable bonds is 4. The van der Waals surface area contributed by atoms with Crippen molar-refractivity contribution in [2.75, 3.05) is 38.7 Å². The number of hydrogen-bond acceptors (Lipinski definition) is 4. The SMILES string of the molecule is CCN1CCCN(c2cc3c(cc2OC)C(CC#N)N(C)C3)C1=O. The van der Waals surface area contributed by atoms with E-state index in [2.05, 4.69) is 17.0 Å². The highest BCUT2D eigenvalue weighted by Gasteiger charge is 2.32. The number of carbonyl (C=O) groups excluding carboxylic acids is 1. The van der Waals surface area contributed by atoms with Crippen molar-refractivity contribution in [1.82, 2.24) is 9.80 Å². The van der Waals surface area contributed by atoms with E-state index in [0.717, 1.165) is 37.3 Å². The molecule has 3 rings (SSSR count). The molecule has 0 aromatic heterocycles. The van der Waals surface area contributed by atoms with Crippen LogP contribution < -0.4 is 9.64 Å². The summed E-state index contributed by atoms with van der Waals surface area (Å²) in [6.45, 7) is 5.03. The predicted molar refractivity (Wildman–Crippen MR) is 92.0 cm³/mol. The van der Waals surface area contributed by atoms with Gasteiger partial charge in [-0.15, -0.1) is 0 Å². The summed E-state index contributed by atoms with van der Waals surface area (Å²) in [6, 6.07) is 6.48. The predicted octanol–water partition coefficient (Wildman–Crippen LogP) is 2.75. The Morgan fingerprint density at radius 3 is 2.83 bits per heavy atom. The van der Waals surface area contributed by atoms with Gasteiger partial charge in [-0.2, -0.15) is 5.26 Å². The Morgan fingerprint density at radius 1 is 1.38 bits per heavy atom. The summed E-state index contributed by atoms with van der Waals surface area (Å²) < 4.78 is 5.59. The molecule has 2 heterocycles. The molecule has 6 heteroatoms. The maximum absolute atomic E-state index is 12.7. The molecule has 0 bridgehead atoms. The minimum atomic E-state index is 0.0435. The molecule has 1 atom stereocenters. The van der Waals surface area contributed by atoms with Crippen molar-refractivity contribution in [3.05, 3.63) is 23.3 Å². The number of amides is 2. The van der Waals surface area contributed by atoms with Crippen LogP contribution in [0.4, 0.5) is 10.5 Å². The molecule has 1 fully saturated rings. The molecule has 2 aliphatic rings. The Balaban J connectivity index is 2.00. The van der Waals surface area contributed by atoms with E-state index in [1.165, 1.54) is 5.56 Å². The monoisotopic (exact) mass is 328 g/mol. The number of benzene rings is 1. The molecule has 128 valence electrons. The molecule has 24 heavy (non-hydrogen) atoms. The first-order valence-electron chi connectivity index (χ1n) is 8.45. The summed E-state index contributed by atoms with van der Waals surface area (Å²) in [4.78, 5) is 18.6. The van der Waals surface area contributed by atoms with Gasteiger partial charge >= 0.3 is 6.03 Å². The smallest absolute Gasteiger partial charge is 0.324 e. The summed E-state index contributed by atoms with van der Waals surface area (Å²) in [5.74, 6) is 0.707. The van der Waals surface area contributed by atoms with Gasteiger partial charge in [0.1, 0.15) is 5.75 Å². The third-order valence-electron chi connectivity index (χ3n) is 5.02. The average Bonchev–Trinajstić information content (AvgIpc) is 2.89. The largest absolute Gasteiger partial charge is 0.495 e. The molecule has 0 spiro atoms. The van der Waals surface area contributed by atoms with Crippen molar-refractivity contribution in [3.8, 4) is 11.8 Å². The van der Waals surface area contributed by atoms with Crippen LogP contribution in [0.25, 0.3) is 0 Å². The van der Waals surface area contributed by atoms with Crippen molar-refractivity contribution < 1.29 is 9.53 Å². The van der Waals surface area contributed by atoms with E-state index < -0.39 is 0 Å². The summed E-state index contributed by atoms with van der Waals surface area (Å²) in [5, 5.41) is 9.08. The molecule has 0 aliphatic carbocycles. The van der Waals surface area contributed by atoms with Crippen molar-refractivity contribution in [2.24, 2.45) is 0 Å². The Labute approximate surface area is 143 Å². The van der Waals surface area contributed by atoms with Crippen LogP contribution in [0.2, 0.25) is 0 Å². The number of anilines is 1. The lowest BCUT2D eigenvalue weighted by Crippen LogP contribution is -2.49. The highest BCUT2D eigenvalue weighted by Crippen LogP contribution is 2.42. The molecule has 1 unspecified atom stereocenters. The standard InChI is InChI=1S/C18H24N4O2/c1-4-21-8-5-9-22(18(21)23)16-10-13-12-20(2)15(6-7-19)14(13)11-17(16)24-3/h10-11,15H,4-6,8-9,12H2,1-3H3. The second kappa shape index (κ2) is 6.70. The lowest BCUT2D eigenvalue weighted by molar-refractivity contribution is 0.198. The van der Waals surface area contributed by atoms with E-state index in [4.69, 9.17) is 10.00 Å². The summed E-state index contributed by atoms with van der Waals surface area (Å²) in [5.41, 5.74) is 3.15. The van der Waals surface area contributed by atoms with Gasteiger partial charge in [-0.1, -0.05) is 0 Å². The number of nitriles is 1. The van der Waals surface area contributed by atoms with E-state index in [9.17, 15) is 4.79 Å². The van der Waals surface area contributed by atoms with Gasteiger partial charge in [0.15, 0.2) is 0 Å². The fourth-order valence-electron chi connectivity index (χ4n) is 3.72. The number of fused-ring (bicyclic) bond motifs is 1. The highest BCUT2D eigenvalue weighted by molar-refractivity contribution is 5.94. The normalized spacial score (nSPS) is 20.9. The second-order valence-corrected chi connectivity index (χ2v) is 6.38. The lowest BCUT2D eigenvalue weighted by atomic mass is 10.0. The Morgan fingerprint density at radius 2 is 2.17 bits per heavy atom. The van der Waals surface area contributed by atoms with Crippen LogP contribution in [0.1, 0.15) is 36.9 Å². The van der Waals surface area contributed by atoms with E-state index in [1.807, 2.05) is 29.8 Å². The van der Waals surface area contributed by atoms with Crippen LogP contribution >= 0.6 is 0 Å². The van der Waals surface area contributed by atoms with Gasteiger partial charge in [0.2, 0.25) is 0 Å². The van der Waals surface area contributed by atoms with E-state index in [0.29, 0.717) is 18.7 Å². The molecule has 0 N–H and O–H groups in total. The minimum Gasteiger partial charge on any atom is -0.495 e. The van der Waals surface area contributed by atoms with Gasteiger partial charge < -0.3 is 9.64 Å². The van der Waals surface area contributed by atoms with Gasteiger partial charge in [0, 0.05) is 32.2 Å². The molecule has 1 aromatic carbocycles. The van der Waals surface area contributed by atoms with Gasteiger partial charge in [-0.3, -0.25) is 9.80 Å². The zero-order valence-electron chi connectivity index (χ0n) is 14.6. The number of carbonyl (C=O) groups is 1. The average molecular weight is 328 g/mol. The van der Waals surface area contributed by atoms with E-state index in [-0.39, 0.29) is 12.1 Å². The van der Waals surface area contributed by atoms with Crippen LogP contribution in [0, 0.1) is 11.3 Å². The fourth-order valence-corrected chi connectivity index (χ4v) is 3.72. The Kier molecular flexibility index (Phi) is 4.63. The van der Waals surface area contributed by atoms with E-state index in [1.54, 1.807) is 7.11 Å². The van der Waals surface area contributed by atoms with Gasteiger partial charge in [0.25, 0.3) is 0 Å². The first kappa shape index (κ1) is 16.6. The van der Waals surface area contributed by atoms with Crippen LogP contribution in [-0.4, -0.2) is 49.6 Å². The highest BCUT2D eigenvalue weighted by atomic mass is 16.5. The fraction of sp³-hybridized carbons (Fsp3) is 0.556. The van der Waals surface area contributed by atoms with Crippen LogP contribution in [0.15, 0.2) is 12.1 Å². The summed E-state index contributed by atoms with van der Waals surface area (Å²) in [6.07, 6.45) is 1.41. The molecule has 6 nitrogen and oxygen atoms in total. The van der Waals surface area contributed by atoms with Crippen molar-refractivity contribution in [2.45, 2.75) is 32.4 Å². The number of hydrogen-bond donors (Lipinski definition) is 0. The zero-order chi connectivity index (χ0) is 17.3. The van der Waals surface area contributed by atoms with E-state index >= 15 is 0 Å². The van der Waals surface area contributed by atoms with Gasteiger partial charge in [0.05, 0.1) is 25.3 Å². The minimum absolute atomic E-state index is 0.0435. The molecular weight excluding hydrogens is 304 g/mol.